The number of benzene rings is 2. The first kappa shape index (κ1) is 20.1. The molecule has 2 aromatic carbocycles. The number of hydrogen-bond acceptors (Lipinski definition) is 5. The van der Waals surface area contributed by atoms with Crippen molar-refractivity contribution in [2.45, 2.75) is 20.3 Å². The summed E-state index contributed by atoms with van der Waals surface area (Å²) in [4.78, 5) is 36.3. The molecule has 0 aliphatic rings. The summed E-state index contributed by atoms with van der Waals surface area (Å²) in [6.07, 6.45) is -0.0594. The minimum Gasteiger partial charge on any atom is -0.462 e. The molecule has 0 saturated heterocycles. The Hall–Kier alpha value is -3.22. The number of amides is 1. The van der Waals surface area contributed by atoms with Gasteiger partial charge in [-0.25, -0.2) is 14.0 Å². The summed E-state index contributed by atoms with van der Waals surface area (Å²) in [7, 11) is 0. The van der Waals surface area contributed by atoms with Crippen LogP contribution in [0.3, 0.4) is 0 Å². The quantitative estimate of drug-likeness (QED) is 0.753. The first-order chi connectivity index (χ1) is 12.9. The van der Waals surface area contributed by atoms with E-state index in [0.717, 1.165) is 0 Å². The van der Waals surface area contributed by atoms with Gasteiger partial charge in [-0.05, 0) is 49.7 Å². The number of halogens is 1. The molecule has 1 amide bonds. The smallest absolute Gasteiger partial charge is 0.338 e. The highest BCUT2D eigenvalue weighted by Crippen LogP contribution is 2.18. The molecule has 0 aliphatic heterocycles. The van der Waals surface area contributed by atoms with Crippen molar-refractivity contribution in [3.05, 3.63) is 65.0 Å². The van der Waals surface area contributed by atoms with E-state index >= 15 is 0 Å². The first-order valence-corrected chi connectivity index (χ1v) is 8.46. The van der Waals surface area contributed by atoms with Crippen LogP contribution < -0.4 is 5.32 Å². The van der Waals surface area contributed by atoms with Crippen LogP contribution in [-0.4, -0.2) is 31.1 Å². The Kier molecular flexibility index (Phi) is 7.05. The third kappa shape index (κ3) is 5.91. The van der Waals surface area contributed by atoms with Gasteiger partial charge in [-0.1, -0.05) is 12.1 Å². The number of carbonyl (C=O) groups excluding carboxylic acids is 3. The van der Waals surface area contributed by atoms with Crippen molar-refractivity contribution in [1.82, 2.24) is 0 Å². The van der Waals surface area contributed by atoms with Crippen molar-refractivity contribution in [1.29, 1.82) is 0 Å². The minimum absolute atomic E-state index is 0.0594. The average molecular weight is 373 g/mol. The zero-order valence-electron chi connectivity index (χ0n) is 15.1. The van der Waals surface area contributed by atoms with E-state index in [9.17, 15) is 18.8 Å². The highest BCUT2D eigenvalue weighted by Gasteiger charge is 2.16. The lowest BCUT2D eigenvalue weighted by Gasteiger charge is -2.10. The van der Waals surface area contributed by atoms with E-state index in [4.69, 9.17) is 9.47 Å². The van der Waals surface area contributed by atoms with Gasteiger partial charge in [0.1, 0.15) is 5.82 Å². The van der Waals surface area contributed by atoms with Crippen LogP contribution in [0.15, 0.2) is 42.5 Å². The standard InChI is InChI=1S/C20H20FNO5/c1-3-26-19(24)14-10-15(20(25)27-4-2)12-17(11-14)22-18(23)9-13-6-5-7-16(21)8-13/h5-8,10-12H,3-4,9H2,1-2H3,(H,22,23). The Bertz CT molecular complexity index is 814. The molecule has 2 rings (SSSR count). The molecule has 0 unspecified atom stereocenters. The van der Waals surface area contributed by atoms with Gasteiger partial charge in [0.25, 0.3) is 0 Å². The van der Waals surface area contributed by atoms with Crippen molar-refractivity contribution in [3.63, 3.8) is 0 Å². The van der Waals surface area contributed by atoms with E-state index in [2.05, 4.69) is 5.32 Å². The lowest BCUT2D eigenvalue weighted by molar-refractivity contribution is -0.115. The second kappa shape index (κ2) is 9.47. The highest BCUT2D eigenvalue weighted by molar-refractivity contribution is 5.99. The molecule has 0 saturated carbocycles. The third-order valence-electron chi connectivity index (χ3n) is 3.49. The number of rotatable bonds is 7. The zero-order valence-corrected chi connectivity index (χ0v) is 15.1. The fraction of sp³-hybridized carbons (Fsp3) is 0.250. The SMILES string of the molecule is CCOC(=O)c1cc(NC(=O)Cc2cccc(F)c2)cc(C(=O)OCC)c1. The summed E-state index contributed by atoms with van der Waals surface area (Å²) in [5.41, 5.74) is 0.969. The van der Waals surface area contributed by atoms with Crippen molar-refractivity contribution in [2.75, 3.05) is 18.5 Å². The molecule has 0 spiro atoms. The first-order valence-electron chi connectivity index (χ1n) is 8.46. The monoisotopic (exact) mass is 373 g/mol. The maximum Gasteiger partial charge on any atom is 0.338 e. The number of hydrogen-bond donors (Lipinski definition) is 1. The van der Waals surface area contributed by atoms with E-state index in [1.165, 1.54) is 36.4 Å². The van der Waals surface area contributed by atoms with E-state index in [-0.39, 0.29) is 36.4 Å². The Morgan fingerprint density at radius 1 is 0.926 bits per heavy atom. The molecule has 0 radical (unpaired) electrons. The van der Waals surface area contributed by atoms with E-state index in [1.807, 2.05) is 0 Å². The molecule has 7 heteroatoms. The van der Waals surface area contributed by atoms with Crippen molar-refractivity contribution < 1.29 is 28.2 Å². The third-order valence-corrected chi connectivity index (χ3v) is 3.49. The van der Waals surface area contributed by atoms with Crippen molar-refractivity contribution >= 4 is 23.5 Å². The molecule has 2 aromatic rings. The number of nitrogens with one attached hydrogen (secondary N) is 1. The number of ether oxygens (including phenoxy) is 2. The molecule has 0 bridgehead atoms. The van der Waals surface area contributed by atoms with Gasteiger partial charge in [0, 0.05) is 5.69 Å². The summed E-state index contributed by atoms with van der Waals surface area (Å²) in [5.74, 6) is -2.10. The molecule has 0 fully saturated rings. The van der Waals surface area contributed by atoms with Gasteiger partial charge in [0.05, 0.1) is 30.8 Å². The van der Waals surface area contributed by atoms with Gasteiger partial charge in [0.15, 0.2) is 0 Å². The number of anilines is 1. The summed E-state index contributed by atoms with van der Waals surface area (Å²) in [6.45, 7) is 3.66. The summed E-state index contributed by atoms with van der Waals surface area (Å²) < 4.78 is 23.1. The van der Waals surface area contributed by atoms with Crippen LogP contribution in [0.4, 0.5) is 10.1 Å². The highest BCUT2D eigenvalue weighted by atomic mass is 19.1. The largest absolute Gasteiger partial charge is 0.462 e. The number of esters is 2. The van der Waals surface area contributed by atoms with Gasteiger partial charge < -0.3 is 14.8 Å². The van der Waals surface area contributed by atoms with Crippen LogP contribution in [0.5, 0.6) is 0 Å². The van der Waals surface area contributed by atoms with Crippen molar-refractivity contribution in [2.24, 2.45) is 0 Å². The molecule has 0 aliphatic carbocycles. The summed E-state index contributed by atoms with van der Waals surface area (Å²) >= 11 is 0. The molecule has 142 valence electrons. The zero-order chi connectivity index (χ0) is 19.8. The van der Waals surface area contributed by atoms with Crippen LogP contribution >= 0.6 is 0 Å². The average Bonchev–Trinajstić information content (AvgIpc) is 2.61. The predicted molar refractivity (Wildman–Crippen MR) is 97.1 cm³/mol. The topological polar surface area (TPSA) is 81.7 Å². The van der Waals surface area contributed by atoms with Gasteiger partial charge in [0.2, 0.25) is 5.91 Å². The minimum atomic E-state index is -0.621. The van der Waals surface area contributed by atoms with Gasteiger partial charge in [-0.15, -0.1) is 0 Å². The molecule has 1 N–H and O–H groups in total. The van der Waals surface area contributed by atoms with Crippen LogP contribution in [0.2, 0.25) is 0 Å². The summed E-state index contributed by atoms with van der Waals surface area (Å²) in [6, 6.07) is 9.85. The van der Waals surface area contributed by atoms with Crippen molar-refractivity contribution in [3.8, 4) is 0 Å². The fourth-order valence-corrected chi connectivity index (χ4v) is 2.40. The molecular formula is C20H20FNO5. The Morgan fingerprint density at radius 3 is 2.04 bits per heavy atom. The Morgan fingerprint density at radius 2 is 1.52 bits per heavy atom. The van der Waals surface area contributed by atoms with Crippen LogP contribution in [0, 0.1) is 5.82 Å². The Balaban J connectivity index is 2.24. The fourth-order valence-electron chi connectivity index (χ4n) is 2.40. The van der Waals surface area contributed by atoms with E-state index < -0.39 is 23.7 Å². The van der Waals surface area contributed by atoms with E-state index in [1.54, 1.807) is 19.9 Å². The molecule has 27 heavy (non-hydrogen) atoms. The second-order valence-electron chi connectivity index (χ2n) is 5.59. The van der Waals surface area contributed by atoms with Crippen LogP contribution in [-0.2, 0) is 20.7 Å². The molecule has 0 atom stereocenters. The molecule has 0 aromatic heterocycles. The second-order valence-corrected chi connectivity index (χ2v) is 5.59. The van der Waals surface area contributed by atoms with Crippen LogP contribution in [0.25, 0.3) is 0 Å². The maximum atomic E-state index is 13.2. The van der Waals surface area contributed by atoms with Crippen LogP contribution in [0.1, 0.15) is 40.1 Å². The molecule has 0 heterocycles. The normalized spacial score (nSPS) is 10.2. The predicted octanol–water partition coefficient (Wildman–Crippen LogP) is 3.36. The maximum absolute atomic E-state index is 13.2. The lowest BCUT2D eigenvalue weighted by atomic mass is 10.1. The van der Waals surface area contributed by atoms with Gasteiger partial charge >= 0.3 is 11.9 Å². The molecule has 6 nitrogen and oxygen atoms in total. The number of carbonyl (C=O) groups is 3. The molecular weight excluding hydrogens is 353 g/mol. The van der Waals surface area contributed by atoms with Gasteiger partial charge in [-0.3, -0.25) is 4.79 Å². The lowest BCUT2D eigenvalue weighted by Crippen LogP contribution is -2.16. The van der Waals surface area contributed by atoms with E-state index in [0.29, 0.717) is 5.56 Å². The van der Waals surface area contributed by atoms with Gasteiger partial charge in [-0.2, -0.15) is 0 Å². The Labute approximate surface area is 156 Å². The summed E-state index contributed by atoms with van der Waals surface area (Å²) in [5, 5.41) is 2.61.